The number of allylic oxidation sites excluding steroid dienone is 6. The van der Waals surface area contributed by atoms with E-state index >= 15 is 0 Å². The zero-order chi connectivity index (χ0) is 17.1. The van der Waals surface area contributed by atoms with Gasteiger partial charge in [0.1, 0.15) is 41.1 Å². The molecule has 0 spiro atoms. The van der Waals surface area contributed by atoms with Crippen LogP contribution >= 0.6 is 23.5 Å². The molecule has 0 amide bonds. The van der Waals surface area contributed by atoms with Crippen molar-refractivity contribution in [2.24, 2.45) is 0 Å². The first-order valence-corrected chi connectivity index (χ1v) is 8.29. The zero-order valence-corrected chi connectivity index (χ0v) is 13.6. The van der Waals surface area contributed by atoms with E-state index in [-0.39, 0.29) is 22.3 Å². The van der Waals surface area contributed by atoms with Crippen molar-refractivity contribution < 1.29 is 0 Å². The highest BCUT2D eigenvalue weighted by Crippen LogP contribution is 2.45. The highest BCUT2D eigenvalue weighted by Gasteiger charge is 2.33. The smallest absolute Gasteiger partial charge is 0.143 e. The molecule has 3 rings (SSSR count). The fourth-order valence-corrected chi connectivity index (χ4v) is 4.25. The van der Waals surface area contributed by atoms with E-state index in [9.17, 15) is 0 Å². The Bertz CT molecular complexity index is 965. The van der Waals surface area contributed by atoms with Gasteiger partial charge >= 0.3 is 0 Å². The van der Waals surface area contributed by atoms with Gasteiger partial charge in [-0.05, 0) is 6.08 Å². The van der Waals surface area contributed by atoms with Crippen LogP contribution in [-0.4, -0.2) is 14.0 Å². The van der Waals surface area contributed by atoms with Crippen molar-refractivity contribution in [3.8, 4) is 24.3 Å². The third kappa shape index (κ3) is 2.51. The number of hydrogen-bond donors (Lipinski definition) is 0. The van der Waals surface area contributed by atoms with Crippen LogP contribution in [0.4, 0.5) is 0 Å². The summed E-state index contributed by atoms with van der Waals surface area (Å²) in [5.74, 6) is -0.0986. The summed E-state index contributed by atoms with van der Waals surface area (Å²) in [5, 5.41) is 36.1. The molecule has 2 aliphatic rings. The van der Waals surface area contributed by atoms with Crippen molar-refractivity contribution in [1.29, 1.82) is 21.0 Å². The van der Waals surface area contributed by atoms with Crippen LogP contribution in [0.15, 0.2) is 40.4 Å². The SMILES string of the molecule is N#CC(C#N)=C1C=CC(C2C=CC(=C(C#N)C#N)c3nsnc32)S1. The van der Waals surface area contributed by atoms with Gasteiger partial charge in [0.05, 0.1) is 17.4 Å². The molecule has 24 heavy (non-hydrogen) atoms. The van der Waals surface area contributed by atoms with Crippen LogP contribution in [0.3, 0.4) is 0 Å². The molecular weight excluding hydrogens is 340 g/mol. The van der Waals surface area contributed by atoms with Crippen molar-refractivity contribution in [3.05, 3.63) is 51.7 Å². The number of fused-ring (bicyclic) bond motifs is 1. The van der Waals surface area contributed by atoms with E-state index < -0.39 is 0 Å². The van der Waals surface area contributed by atoms with Crippen molar-refractivity contribution in [2.45, 2.75) is 11.2 Å². The number of aromatic nitrogens is 2. The summed E-state index contributed by atoms with van der Waals surface area (Å²) in [4.78, 5) is 0.638. The lowest BCUT2D eigenvalue weighted by Crippen LogP contribution is -2.14. The minimum Gasteiger partial charge on any atom is -0.192 e. The maximum atomic E-state index is 9.08. The number of rotatable bonds is 1. The van der Waals surface area contributed by atoms with Crippen LogP contribution < -0.4 is 0 Å². The third-order valence-corrected chi connectivity index (χ3v) is 5.43. The van der Waals surface area contributed by atoms with Crippen LogP contribution in [0, 0.1) is 45.3 Å². The van der Waals surface area contributed by atoms with Gasteiger partial charge in [-0.3, -0.25) is 0 Å². The lowest BCUT2D eigenvalue weighted by atomic mass is 9.88. The Morgan fingerprint density at radius 1 is 0.917 bits per heavy atom. The van der Waals surface area contributed by atoms with E-state index in [0.717, 1.165) is 11.7 Å². The molecule has 112 valence electrons. The fourth-order valence-electron chi connectivity index (χ4n) is 2.46. The summed E-state index contributed by atoms with van der Waals surface area (Å²) < 4.78 is 8.56. The van der Waals surface area contributed by atoms with Gasteiger partial charge in [-0.2, -0.15) is 29.8 Å². The normalized spacial score (nSPS) is 20.5. The quantitative estimate of drug-likeness (QED) is 0.716. The van der Waals surface area contributed by atoms with Crippen LogP contribution in [0.1, 0.15) is 17.3 Å². The van der Waals surface area contributed by atoms with Gasteiger partial charge in [-0.1, -0.05) is 18.2 Å². The second-order valence-electron chi connectivity index (χ2n) is 4.80. The molecule has 0 bridgehead atoms. The summed E-state index contributed by atoms with van der Waals surface area (Å²) in [5.41, 5.74) is 1.84. The molecule has 0 aromatic carbocycles. The Morgan fingerprint density at radius 2 is 1.62 bits per heavy atom. The predicted octanol–water partition coefficient (Wildman–Crippen LogP) is 2.97. The second-order valence-corrected chi connectivity index (χ2v) is 6.55. The van der Waals surface area contributed by atoms with E-state index in [1.54, 1.807) is 12.2 Å². The predicted molar refractivity (Wildman–Crippen MR) is 88.7 cm³/mol. The molecule has 1 aliphatic heterocycles. The van der Waals surface area contributed by atoms with E-state index in [0.29, 0.717) is 21.9 Å². The fraction of sp³-hybridized carbons (Fsp3) is 0.125. The molecule has 2 heterocycles. The van der Waals surface area contributed by atoms with Gasteiger partial charge in [-0.25, -0.2) is 0 Å². The first-order valence-electron chi connectivity index (χ1n) is 6.68. The number of nitrogens with zero attached hydrogens (tertiary/aromatic N) is 6. The number of nitriles is 4. The van der Waals surface area contributed by atoms with Crippen LogP contribution in [0.2, 0.25) is 0 Å². The van der Waals surface area contributed by atoms with Crippen molar-refractivity contribution >= 4 is 29.1 Å². The molecule has 2 unspecified atom stereocenters. The number of thioether (sulfide) groups is 1. The summed E-state index contributed by atoms with van der Waals surface area (Å²) >= 11 is 2.46. The molecule has 0 N–H and O–H groups in total. The van der Waals surface area contributed by atoms with Gasteiger partial charge in [0, 0.05) is 21.6 Å². The van der Waals surface area contributed by atoms with Crippen molar-refractivity contribution in [2.75, 3.05) is 0 Å². The zero-order valence-electron chi connectivity index (χ0n) is 12.0. The average Bonchev–Trinajstić information content (AvgIpc) is 3.27. The molecule has 0 saturated carbocycles. The lowest BCUT2D eigenvalue weighted by Gasteiger charge is -2.21. The molecule has 1 aliphatic carbocycles. The van der Waals surface area contributed by atoms with E-state index in [4.69, 9.17) is 21.0 Å². The third-order valence-electron chi connectivity index (χ3n) is 3.57. The van der Waals surface area contributed by atoms with E-state index in [1.807, 2.05) is 36.4 Å². The largest absolute Gasteiger partial charge is 0.192 e. The van der Waals surface area contributed by atoms with Gasteiger partial charge in [-0.15, -0.1) is 11.8 Å². The molecule has 1 aromatic heterocycles. The van der Waals surface area contributed by atoms with Crippen LogP contribution in [-0.2, 0) is 0 Å². The molecular formula is C16H6N6S2. The van der Waals surface area contributed by atoms with E-state index in [1.165, 1.54) is 11.8 Å². The standard InChI is InChI=1S/C16H6N6S2/c17-5-9(6-18)11-1-2-12(16-15(11)21-24-22-16)14-4-3-13(23-14)10(7-19)8-20/h1-4,12,14H. The molecule has 0 saturated heterocycles. The minimum atomic E-state index is -0.0986. The number of hydrogen-bond acceptors (Lipinski definition) is 8. The molecule has 0 fully saturated rings. The molecule has 1 aromatic rings. The maximum Gasteiger partial charge on any atom is 0.143 e. The topological polar surface area (TPSA) is 121 Å². The Kier molecular flexibility index (Phi) is 4.27. The molecule has 2 atom stereocenters. The minimum absolute atomic E-state index is 0.00472. The second kappa shape index (κ2) is 6.52. The van der Waals surface area contributed by atoms with Crippen molar-refractivity contribution in [1.82, 2.24) is 8.75 Å². The monoisotopic (exact) mass is 346 g/mol. The Hall–Kier alpha value is -3.17. The highest BCUT2D eigenvalue weighted by atomic mass is 32.2. The van der Waals surface area contributed by atoms with Gasteiger partial charge in [0.2, 0.25) is 0 Å². The average molecular weight is 346 g/mol. The van der Waals surface area contributed by atoms with E-state index in [2.05, 4.69) is 8.75 Å². The van der Waals surface area contributed by atoms with Gasteiger partial charge in [0.15, 0.2) is 0 Å². The first kappa shape index (κ1) is 15.7. The summed E-state index contributed by atoms with van der Waals surface area (Å²) in [6.07, 6.45) is 7.31. The lowest BCUT2D eigenvalue weighted by molar-refractivity contribution is 0.847. The van der Waals surface area contributed by atoms with Crippen LogP contribution in [0.25, 0.3) is 5.57 Å². The molecule has 8 heteroatoms. The first-order chi connectivity index (χ1) is 11.7. The summed E-state index contributed by atoms with van der Waals surface area (Å²) in [6.45, 7) is 0. The maximum absolute atomic E-state index is 9.08. The Labute approximate surface area is 146 Å². The van der Waals surface area contributed by atoms with Crippen molar-refractivity contribution in [3.63, 3.8) is 0 Å². The summed E-state index contributed by atoms with van der Waals surface area (Å²) in [7, 11) is 0. The summed E-state index contributed by atoms with van der Waals surface area (Å²) in [6, 6.07) is 7.54. The molecule has 0 radical (unpaired) electrons. The highest BCUT2D eigenvalue weighted by molar-refractivity contribution is 8.04. The van der Waals surface area contributed by atoms with Gasteiger partial charge in [0.25, 0.3) is 0 Å². The van der Waals surface area contributed by atoms with Crippen LogP contribution in [0.5, 0.6) is 0 Å². The Balaban J connectivity index is 1.99. The van der Waals surface area contributed by atoms with Gasteiger partial charge < -0.3 is 0 Å². The Morgan fingerprint density at radius 3 is 2.29 bits per heavy atom. The molecule has 6 nitrogen and oxygen atoms in total.